The van der Waals surface area contributed by atoms with E-state index in [2.05, 4.69) is 10.2 Å². The van der Waals surface area contributed by atoms with Crippen molar-refractivity contribution in [2.45, 2.75) is 72.7 Å². The smallest absolute Gasteiger partial charge is 0.425 e. The number of nitrogens with two attached hydrogens (primary N) is 1. The summed E-state index contributed by atoms with van der Waals surface area (Å²) < 4.78 is 21.9. The fourth-order valence-corrected chi connectivity index (χ4v) is 3.66. The quantitative estimate of drug-likeness (QED) is 0.236. The molecule has 0 spiro atoms. The molecular weight excluding hydrogens is 539 g/mol. The molecule has 0 aliphatic rings. The molecule has 38 heavy (non-hydrogen) atoms. The number of benzene rings is 1. The first-order valence-electron chi connectivity index (χ1n) is 11.7. The van der Waals surface area contributed by atoms with Gasteiger partial charge in [0.25, 0.3) is 0 Å². The van der Waals surface area contributed by atoms with Crippen LogP contribution in [0.1, 0.15) is 77.5 Å². The fraction of sp³-hybridized carbons (Fsp3) is 0.480. The first-order chi connectivity index (χ1) is 17.4. The van der Waals surface area contributed by atoms with E-state index in [1.807, 2.05) is 0 Å². The maximum Gasteiger partial charge on any atom is 0.425 e. The van der Waals surface area contributed by atoms with Crippen LogP contribution in [0.2, 0.25) is 10.0 Å². The summed E-state index contributed by atoms with van der Waals surface area (Å²) >= 11 is 12.7. The van der Waals surface area contributed by atoms with Gasteiger partial charge >= 0.3 is 18.2 Å². The maximum atomic E-state index is 13.2. The van der Waals surface area contributed by atoms with Gasteiger partial charge in [-0.1, -0.05) is 23.2 Å². The van der Waals surface area contributed by atoms with Gasteiger partial charge < -0.3 is 24.7 Å². The summed E-state index contributed by atoms with van der Waals surface area (Å²) in [4.78, 5) is 39.3. The van der Waals surface area contributed by atoms with Crippen LogP contribution >= 0.6 is 23.2 Å². The number of ether oxygens (including phenoxy) is 4. The Morgan fingerprint density at radius 1 is 1.00 bits per heavy atom. The fourth-order valence-electron chi connectivity index (χ4n) is 2.99. The van der Waals surface area contributed by atoms with Gasteiger partial charge in [-0.15, -0.1) is 10.2 Å². The van der Waals surface area contributed by atoms with Crippen molar-refractivity contribution < 1.29 is 33.3 Å². The number of rotatable bonds is 6. The lowest BCUT2D eigenvalue weighted by Gasteiger charge is -2.29. The number of carbonyl (C=O) groups excluding carboxylic acids is 3. The molecule has 13 heteroatoms. The molecule has 1 aromatic heterocycles. The van der Waals surface area contributed by atoms with Crippen molar-refractivity contribution in [1.82, 2.24) is 10.2 Å². The topological polar surface area (TPSA) is 143 Å². The standard InChI is InChI=1S/C25H32Cl2N4O7/c1-9-35-21(32)16-12-17(36-13(2)18-14(26)10-11-15(28)19(18)27)20(30-29-16)31(22(33)37-24(3,4)5)23(34)38-25(6,7)8/h10-13H,9,28H2,1-8H3/t13-/m1/s1. The van der Waals surface area contributed by atoms with E-state index >= 15 is 0 Å². The maximum absolute atomic E-state index is 13.2. The number of carbonyl (C=O) groups is 3. The van der Waals surface area contributed by atoms with Crippen LogP contribution in [0.3, 0.4) is 0 Å². The van der Waals surface area contributed by atoms with Gasteiger partial charge in [-0.05, 0) is 67.5 Å². The van der Waals surface area contributed by atoms with E-state index < -0.39 is 41.3 Å². The Morgan fingerprint density at radius 2 is 1.55 bits per heavy atom. The molecule has 0 unspecified atom stereocenters. The second kappa shape index (κ2) is 12.0. The van der Waals surface area contributed by atoms with Crippen LogP contribution in [0.5, 0.6) is 5.75 Å². The largest absolute Gasteiger partial charge is 0.482 e. The number of hydrogen-bond donors (Lipinski definition) is 1. The van der Waals surface area contributed by atoms with E-state index in [1.165, 1.54) is 12.1 Å². The molecule has 1 heterocycles. The highest BCUT2D eigenvalue weighted by Gasteiger charge is 2.37. The zero-order valence-electron chi connectivity index (χ0n) is 22.5. The molecule has 2 amide bonds. The predicted octanol–water partition coefficient (Wildman–Crippen LogP) is 6.36. The number of esters is 1. The SMILES string of the molecule is CCOC(=O)c1cc(O[C@H](C)c2c(Cl)ccc(N)c2Cl)c(N(C(=O)OC(C)(C)C)C(=O)OC(C)(C)C)nn1. The van der Waals surface area contributed by atoms with E-state index in [4.69, 9.17) is 47.9 Å². The van der Waals surface area contributed by atoms with Crippen molar-refractivity contribution in [3.05, 3.63) is 39.5 Å². The number of nitrogens with zero attached hydrogens (tertiary/aromatic N) is 3. The third kappa shape index (κ3) is 8.09. The van der Waals surface area contributed by atoms with Gasteiger partial charge in [0.2, 0.25) is 5.82 Å². The highest BCUT2D eigenvalue weighted by atomic mass is 35.5. The van der Waals surface area contributed by atoms with E-state index in [0.29, 0.717) is 10.5 Å². The van der Waals surface area contributed by atoms with Gasteiger partial charge in [0, 0.05) is 16.7 Å². The van der Waals surface area contributed by atoms with Gasteiger partial charge in [-0.25, -0.2) is 14.4 Å². The number of imide groups is 1. The minimum Gasteiger partial charge on any atom is -0.482 e. The molecule has 0 bridgehead atoms. The Labute approximate surface area is 231 Å². The molecule has 2 aromatic rings. The lowest BCUT2D eigenvalue weighted by molar-refractivity contribution is 0.0425. The molecule has 0 radical (unpaired) electrons. The average molecular weight is 571 g/mol. The molecule has 1 atom stereocenters. The van der Waals surface area contributed by atoms with Crippen molar-refractivity contribution in [2.75, 3.05) is 17.2 Å². The molecule has 0 saturated carbocycles. The summed E-state index contributed by atoms with van der Waals surface area (Å²) in [7, 11) is 0. The molecule has 0 aliphatic heterocycles. The number of halogens is 2. The van der Waals surface area contributed by atoms with E-state index in [-0.39, 0.29) is 33.8 Å². The second-order valence-corrected chi connectivity index (χ2v) is 10.8. The Bertz CT molecular complexity index is 1180. The summed E-state index contributed by atoms with van der Waals surface area (Å²) in [6.45, 7) is 13.0. The minimum absolute atomic E-state index is 0.0747. The lowest BCUT2D eigenvalue weighted by atomic mass is 10.1. The highest BCUT2D eigenvalue weighted by Crippen LogP contribution is 2.39. The lowest BCUT2D eigenvalue weighted by Crippen LogP contribution is -2.44. The van der Waals surface area contributed by atoms with E-state index in [9.17, 15) is 14.4 Å². The van der Waals surface area contributed by atoms with Gasteiger partial charge in [-0.2, -0.15) is 4.90 Å². The third-order valence-corrected chi connectivity index (χ3v) is 5.21. The van der Waals surface area contributed by atoms with Crippen molar-refractivity contribution in [2.24, 2.45) is 0 Å². The van der Waals surface area contributed by atoms with Crippen LogP contribution < -0.4 is 15.4 Å². The van der Waals surface area contributed by atoms with Gasteiger partial charge in [0.15, 0.2) is 11.4 Å². The summed E-state index contributed by atoms with van der Waals surface area (Å²) in [5, 5.41) is 8.18. The summed E-state index contributed by atoms with van der Waals surface area (Å²) in [6, 6.07) is 4.25. The zero-order chi connectivity index (χ0) is 29.0. The van der Waals surface area contributed by atoms with Gasteiger partial charge in [-0.3, -0.25) is 0 Å². The van der Waals surface area contributed by atoms with Crippen LogP contribution in [0.25, 0.3) is 0 Å². The number of anilines is 2. The molecule has 0 fully saturated rings. The minimum atomic E-state index is -1.11. The summed E-state index contributed by atoms with van der Waals surface area (Å²) in [5.41, 5.74) is 4.32. The van der Waals surface area contributed by atoms with Gasteiger partial charge in [0.05, 0.1) is 17.3 Å². The molecule has 11 nitrogen and oxygen atoms in total. The number of hydrogen-bond acceptors (Lipinski definition) is 10. The summed E-state index contributed by atoms with van der Waals surface area (Å²) in [5.74, 6) is -1.41. The molecular formula is C25H32Cl2N4O7. The number of aromatic nitrogens is 2. The molecule has 2 N–H and O–H groups in total. The van der Waals surface area contributed by atoms with Crippen molar-refractivity contribution in [3.63, 3.8) is 0 Å². The monoisotopic (exact) mass is 570 g/mol. The number of nitrogen functional groups attached to an aromatic ring is 1. The predicted molar refractivity (Wildman–Crippen MR) is 143 cm³/mol. The van der Waals surface area contributed by atoms with Crippen LogP contribution in [0.4, 0.5) is 21.1 Å². The number of amides is 2. The van der Waals surface area contributed by atoms with Crippen LogP contribution in [0, 0.1) is 0 Å². The highest BCUT2D eigenvalue weighted by molar-refractivity contribution is 6.37. The second-order valence-electron chi connectivity index (χ2n) is 10.1. The first kappa shape index (κ1) is 30.9. The first-order valence-corrected chi connectivity index (χ1v) is 12.4. The van der Waals surface area contributed by atoms with Gasteiger partial charge in [0.1, 0.15) is 17.3 Å². The average Bonchev–Trinajstić information content (AvgIpc) is 2.75. The third-order valence-electron chi connectivity index (χ3n) is 4.46. The van der Waals surface area contributed by atoms with Crippen molar-refractivity contribution in [3.8, 4) is 5.75 Å². The Morgan fingerprint density at radius 3 is 2.05 bits per heavy atom. The Kier molecular flexibility index (Phi) is 9.79. The Hall–Kier alpha value is -3.31. The molecule has 2 rings (SSSR count). The van der Waals surface area contributed by atoms with Crippen LogP contribution in [-0.2, 0) is 14.2 Å². The zero-order valence-corrected chi connectivity index (χ0v) is 24.1. The van der Waals surface area contributed by atoms with Crippen molar-refractivity contribution >= 4 is 52.9 Å². The molecule has 1 aromatic carbocycles. The van der Waals surface area contributed by atoms with Crippen LogP contribution in [-0.4, -0.2) is 46.2 Å². The van der Waals surface area contributed by atoms with E-state index in [1.54, 1.807) is 61.5 Å². The Balaban J connectivity index is 2.71. The van der Waals surface area contributed by atoms with E-state index in [0.717, 1.165) is 0 Å². The van der Waals surface area contributed by atoms with Crippen LogP contribution in [0.15, 0.2) is 18.2 Å². The normalized spacial score (nSPS) is 12.4. The van der Waals surface area contributed by atoms with Crippen molar-refractivity contribution in [1.29, 1.82) is 0 Å². The molecule has 208 valence electrons. The summed E-state index contributed by atoms with van der Waals surface area (Å²) in [6.07, 6.45) is -3.11. The molecule has 0 saturated heterocycles. The molecule has 0 aliphatic carbocycles.